The second-order valence-electron chi connectivity index (χ2n) is 5.61. The highest BCUT2D eigenvalue weighted by Gasteiger charge is 2.20. The van der Waals surface area contributed by atoms with Gasteiger partial charge in [0.15, 0.2) is 5.82 Å². The average molecular weight is 298 g/mol. The lowest BCUT2D eigenvalue weighted by molar-refractivity contribution is 0.395. The molecular weight excluding hydrogens is 276 g/mol. The molecule has 1 aromatic heterocycles. The van der Waals surface area contributed by atoms with Gasteiger partial charge in [0, 0.05) is 31.9 Å². The third-order valence-electron chi connectivity index (χ3n) is 4.33. The molecule has 0 aliphatic carbocycles. The number of rotatable bonds is 3. The summed E-state index contributed by atoms with van der Waals surface area (Å²) in [7, 11) is 1.62. The van der Waals surface area contributed by atoms with Crippen molar-refractivity contribution in [2.75, 3.05) is 43.1 Å². The smallest absolute Gasteiger partial charge is 0.233 e. The van der Waals surface area contributed by atoms with Gasteiger partial charge < -0.3 is 14.5 Å². The molecule has 22 heavy (non-hydrogen) atoms. The van der Waals surface area contributed by atoms with E-state index in [4.69, 9.17) is 4.74 Å². The molecule has 5 heteroatoms. The summed E-state index contributed by atoms with van der Waals surface area (Å²) in [5.74, 6) is 1.45. The quantitative estimate of drug-likeness (QED) is 0.870. The van der Waals surface area contributed by atoms with Crippen LogP contribution in [0.5, 0.6) is 5.88 Å². The van der Waals surface area contributed by atoms with E-state index in [1.165, 1.54) is 16.8 Å². The molecule has 1 aliphatic heterocycles. The molecule has 1 fully saturated rings. The molecule has 1 aromatic carbocycles. The van der Waals surface area contributed by atoms with Gasteiger partial charge in [0.25, 0.3) is 0 Å². The molecule has 0 N–H and O–H groups in total. The van der Waals surface area contributed by atoms with Crippen molar-refractivity contribution in [3.63, 3.8) is 0 Å². The van der Waals surface area contributed by atoms with Gasteiger partial charge in [0.2, 0.25) is 5.88 Å². The maximum absolute atomic E-state index is 5.15. The average Bonchev–Trinajstić information content (AvgIpc) is 2.58. The Morgan fingerprint density at radius 2 is 1.73 bits per heavy atom. The minimum atomic E-state index is 0.564. The van der Waals surface area contributed by atoms with Crippen molar-refractivity contribution in [3.05, 3.63) is 41.7 Å². The third-order valence-corrected chi connectivity index (χ3v) is 4.33. The van der Waals surface area contributed by atoms with E-state index in [1.54, 1.807) is 19.5 Å². The van der Waals surface area contributed by atoms with Crippen molar-refractivity contribution in [2.24, 2.45) is 0 Å². The highest BCUT2D eigenvalue weighted by molar-refractivity contribution is 5.57. The van der Waals surface area contributed by atoms with Gasteiger partial charge in [0.05, 0.1) is 19.5 Å². The van der Waals surface area contributed by atoms with E-state index in [0.717, 1.165) is 32.0 Å². The summed E-state index contributed by atoms with van der Waals surface area (Å²) in [6.45, 7) is 8.22. The molecule has 0 amide bonds. The summed E-state index contributed by atoms with van der Waals surface area (Å²) in [6, 6.07) is 6.52. The van der Waals surface area contributed by atoms with Crippen LogP contribution in [-0.4, -0.2) is 43.3 Å². The molecule has 0 saturated carbocycles. The van der Waals surface area contributed by atoms with Crippen molar-refractivity contribution in [3.8, 4) is 5.88 Å². The maximum Gasteiger partial charge on any atom is 0.233 e. The minimum Gasteiger partial charge on any atom is -0.480 e. The Hall–Kier alpha value is -2.30. The van der Waals surface area contributed by atoms with Crippen LogP contribution in [0.1, 0.15) is 11.1 Å². The van der Waals surface area contributed by atoms with Gasteiger partial charge >= 0.3 is 0 Å². The first kappa shape index (κ1) is 14.6. The van der Waals surface area contributed by atoms with E-state index >= 15 is 0 Å². The molecule has 2 aromatic rings. The van der Waals surface area contributed by atoms with Gasteiger partial charge in [-0.3, -0.25) is 4.98 Å². The Bertz CT molecular complexity index is 651. The van der Waals surface area contributed by atoms with E-state index in [1.807, 2.05) is 0 Å². The van der Waals surface area contributed by atoms with Crippen LogP contribution in [0.3, 0.4) is 0 Å². The normalized spacial score (nSPS) is 15.0. The predicted molar refractivity (Wildman–Crippen MR) is 88.9 cm³/mol. The standard InChI is InChI=1S/C17H22N4O/c1-13-5-4-6-15(14(13)2)20-7-9-21(10-8-20)16-11-18-12-17(19-16)22-3/h4-6,11-12H,7-10H2,1-3H3. The van der Waals surface area contributed by atoms with Crippen molar-refractivity contribution < 1.29 is 4.74 Å². The number of aromatic nitrogens is 2. The largest absolute Gasteiger partial charge is 0.480 e. The number of ether oxygens (including phenoxy) is 1. The van der Waals surface area contributed by atoms with Gasteiger partial charge in [-0.25, -0.2) is 0 Å². The summed E-state index contributed by atoms with van der Waals surface area (Å²) >= 11 is 0. The van der Waals surface area contributed by atoms with E-state index in [-0.39, 0.29) is 0 Å². The lowest BCUT2D eigenvalue weighted by Crippen LogP contribution is -2.47. The fourth-order valence-corrected chi connectivity index (χ4v) is 2.84. The van der Waals surface area contributed by atoms with Gasteiger partial charge in [-0.1, -0.05) is 12.1 Å². The third kappa shape index (κ3) is 2.84. The number of anilines is 2. The summed E-state index contributed by atoms with van der Waals surface area (Å²) < 4.78 is 5.15. The Morgan fingerprint density at radius 3 is 2.45 bits per heavy atom. The summed E-state index contributed by atoms with van der Waals surface area (Å²) in [6.07, 6.45) is 3.44. The lowest BCUT2D eigenvalue weighted by atomic mass is 10.1. The number of hydrogen-bond acceptors (Lipinski definition) is 5. The minimum absolute atomic E-state index is 0.564. The highest BCUT2D eigenvalue weighted by Crippen LogP contribution is 2.25. The van der Waals surface area contributed by atoms with Gasteiger partial charge in [-0.2, -0.15) is 4.98 Å². The zero-order valence-electron chi connectivity index (χ0n) is 13.4. The Balaban J connectivity index is 1.71. The molecule has 5 nitrogen and oxygen atoms in total. The van der Waals surface area contributed by atoms with Crippen molar-refractivity contribution in [1.29, 1.82) is 0 Å². The number of piperazine rings is 1. The Morgan fingerprint density at radius 1 is 1.00 bits per heavy atom. The predicted octanol–water partition coefficient (Wildman–Crippen LogP) is 2.43. The first-order chi connectivity index (χ1) is 10.7. The van der Waals surface area contributed by atoms with Crippen LogP contribution in [0.4, 0.5) is 11.5 Å². The van der Waals surface area contributed by atoms with Crippen molar-refractivity contribution in [1.82, 2.24) is 9.97 Å². The topological polar surface area (TPSA) is 41.5 Å². The Labute approximate surface area is 131 Å². The zero-order chi connectivity index (χ0) is 15.5. The molecule has 0 unspecified atom stereocenters. The highest BCUT2D eigenvalue weighted by atomic mass is 16.5. The maximum atomic E-state index is 5.15. The van der Waals surface area contributed by atoms with Crippen LogP contribution < -0.4 is 14.5 Å². The van der Waals surface area contributed by atoms with E-state index in [9.17, 15) is 0 Å². The van der Waals surface area contributed by atoms with E-state index in [2.05, 4.69) is 51.8 Å². The Kier molecular flexibility index (Phi) is 4.13. The fourth-order valence-electron chi connectivity index (χ4n) is 2.84. The second-order valence-corrected chi connectivity index (χ2v) is 5.61. The fraction of sp³-hybridized carbons (Fsp3) is 0.412. The van der Waals surface area contributed by atoms with Crippen LogP contribution in [0.25, 0.3) is 0 Å². The molecule has 1 saturated heterocycles. The van der Waals surface area contributed by atoms with Crippen molar-refractivity contribution >= 4 is 11.5 Å². The second kappa shape index (κ2) is 6.22. The summed E-state index contributed by atoms with van der Waals surface area (Å²) in [5.41, 5.74) is 4.06. The number of hydrogen-bond donors (Lipinski definition) is 0. The zero-order valence-corrected chi connectivity index (χ0v) is 13.4. The van der Waals surface area contributed by atoms with E-state index < -0.39 is 0 Å². The lowest BCUT2D eigenvalue weighted by Gasteiger charge is -2.37. The summed E-state index contributed by atoms with van der Waals surface area (Å²) in [4.78, 5) is 13.4. The molecule has 0 radical (unpaired) electrons. The van der Waals surface area contributed by atoms with Crippen LogP contribution in [-0.2, 0) is 0 Å². The van der Waals surface area contributed by atoms with Crippen LogP contribution in [0, 0.1) is 13.8 Å². The first-order valence-corrected chi connectivity index (χ1v) is 7.61. The molecule has 0 atom stereocenters. The van der Waals surface area contributed by atoms with Crippen LogP contribution >= 0.6 is 0 Å². The SMILES string of the molecule is COc1cncc(N2CCN(c3cccc(C)c3C)CC2)n1. The molecule has 116 valence electrons. The number of benzene rings is 1. The number of nitrogens with zero attached hydrogens (tertiary/aromatic N) is 4. The van der Waals surface area contributed by atoms with Gasteiger partial charge in [0.1, 0.15) is 0 Å². The van der Waals surface area contributed by atoms with Crippen molar-refractivity contribution in [2.45, 2.75) is 13.8 Å². The molecule has 3 rings (SSSR count). The van der Waals surface area contributed by atoms with Gasteiger partial charge in [-0.15, -0.1) is 0 Å². The number of methoxy groups -OCH3 is 1. The molecule has 0 spiro atoms. The first-order valence-electron chi connectivity index (χ1n) is 7.61. The number of aryl methyl sites for hydroxylation is 1. The van der Waals surface area contributed by atoms with Crippen LogP contribution in [0.2, 0.25) is 0 Å². The summed E-state index contributed by atoms with van der Waals surface area (Å²) in [5, 5.41) is 0. The monoisotopic (exact) mass is 298 g/mol. The van der Waals surface area contributed by atoms with Crippen LogP contribution in [0.15, 0.2) is 30.6 Å². The molecule has 2 heterocycles. The molecule has 0 bridgehead atoms. The molecular formula is C17H22N4O. The van der Waals surface area contributed by atoms with Gasteiger partial charge in [-0.05, 0) is 31.0 Å². The van der Waals surface area contributed by atoms with E-state index in [0.29, 0.717) is 5.88 Å². The molecule has 1 aliphatic rings.